The van der Waals surface area contributed by atoms with Crippen molar-refractivity contribution in [3.05, 3.63) is 23.8 Å². The molecule has 1 unspecified atom stereocenters. The maximum absolute atomic E-state index is 12.0. The minimum atomic E-state index is -0.302. The Balaban J connectivity index is 0.00000242. The number of carbonyl (C=O) groups excluding carboxylic acids is 1. The number of fused-ring (bicyclic) bond motifs is 1. The molecule has 23 heavy (non-hydrogen) atoms. The number of rotatable bonds is 5. The van der Waals surface area contributed by atoms with E-state index in [2.05, 4.69) is 24.3 Å². The molecule has 1 aliphatic heterocycles. The molecule has 0 saturated carbocycles. The van der Waals surface area contributed by atoms with E-state index < -0.39 is 0 Å². The summed E-state index contributed by atoms with van der Waals surface area (Å²) in [5.41, 5.74) is 2.22. The molecule has 0 aromatic heterocycles. The molecule has 1 heterocycles. The molecule has 1 aromatic rings. The first-order chi connectivity index (χ1) is 10.0. The molecule has 0 spiro atoms. The maximum atomic E-state index is 12.0. The van der Waals surface area contributed by atoms with E-state index in [4.69, 9.17) is 4.74 Å². The van der Waals surface area contributed by atoms with Crippen LogP contribution in [-0.2, 0) is 0 Å². The Morgan fingerprint density at radius 3 is 2.61 bits per heavy atom. The Hall–Kier alpha value is -1.17. The molecule has 0 aliphatic carbocycles. The molecule has 5 nitrogen and oxygen atoms in total. The molecule has 1 aliphatic rings. The number of nitrogens with one attached hydrogen (secondary N) is 1. The standard InChI is InChI=1S/C16H25N3O2.2ClH/c1-5-19(4)16(20)21-14-8-6-7-13-15(14)12(11-17-13)9-10-18(2)3;;/h6-8,12,17H,5,9-11H2,1-4H3;2*1H. The molecule has 0 bridgehead atoms. The SMILES string of the molecule is CCN(C)C(=O)Oc1cccc2c1C(CCN(C)C)CN2.Cl.Cl. The maximum Gasteiger partial charge on any atom is 0.414 e. The Labute approximate surface area is 151 Å². The van der Waals surface area contributed by atoms with Crippen molar-refractivity contribution in [3.8, 4) is 5.75 Å². The molecule has 0 saturated heterocycles. The van der Waals surface area contributed by atoms with Crippen molar-refractivity contribution in [2.45, 2.75) is 19.3 Å². The smallest absolute Gasteiger partial charge is 0.410 e. The Morgan fingerprint density at radius 2 is 2.00 bits per heavy atom. The van der Waals surface area contributed by atoms with E-state index in [1.807, 2.05) is 25.1 Å². The second kappa shape index (κ2) is 9.85. The zero-order valence-electron chi connectivity index (χ0n) is 14.2. The van der Waals surface area contributed by atoms with Gasteiger partial charge in [-0.05, 0) is 46.1 Å². The minimum absolute atomic E-state index is 0. The van der Waals surface area contributed by atoms with E-state index in [9.17, 15) is 4.79 Å². The summed E-state index contributed by atoms with van der Waals surface area (Å²) >= 11 is 0. The van der Waals surface area contributed by atoms with Crippen LogP contribution in [0.1, 0.15) is 24.8 Å². The summed E-state index contributed by atoms with van der Waals surface area (Å²) in [7, 11) is 5.89. The lowest BCUT2D eigenvalue weighted by Crippen LogP contribution is -2.29. The quantitative estimate of drug-likeness (QED) is 0.869. The predicted molar refractivity (Wildman–Crippen MR) is 99.7 cm³/mol. The fourth-order valence-electron chi connectivity index (χ4n) is 2.51. The van der Waals surface area contributed by atoms with Crippen LogP contribution in [0.2, 0.25) is 0 Å². The van der Waals surface area contributed by atoms with E-state index in [1.54, 1.807) is 11.9 Å². The summed E-state index contributed by atoms with van der Waals surface area (Å²) in [5, 5.41) is 3.41. The number of benzene rings is 1. The van der Waals surface area contributed by atoms with Crippen LogP contribution >= 0.6 is 24.8 Å². The average Bonchev–Trinajstić information content (AvgIpc) is 2.88. The molecular weight excluding hydrogens is 337 g/mol. The van der Waals surface area contributed by atoms with Gasteiger partial charge in [0.05, 0.1) is 0 Å². The predicted octanol–water partition coefficient (Wildman–Crippen LogP) is 3.44. The second-order valence-electron chi connectivity index (χ2n) is 5.77. The largest absolute Gasteiger partial charge is 0.414 e. The summed E-state index contributed by atoms with van der Waals surface area (Å²) in [4.78, 5) is 15.7. The molecule has 1 N–H and O–H groups in total. The van der Waals surface area contributed by atoms with Gasteiger partial charge in [-0.2, -0.15) is 0 Å². The van der Waals surface area contributed by atoms with E-state index in [0.717, 1.165) is 30.8 Å². The Morgan fingerprint density at radius 1 is 1.30 bits per heavy atom. The van der Waals surface area contributed by atoms with Gasteiger partial charge in [-0.1, -0.05) is 6.07 Å². The van der Waals surface area contributed by atoms with Crippen LogP contribution in [0.15, 0.2) is 18.2 Å². The highest BCUT2D eigenvalue weighted by molar-refractivity contribution is 5.85. The number of ether oxygens (including phenoxy) is 1. The van der Waals surface area contributed by atoms with Crippen molar-refractivity contribution in [1.82, 2.24) is 9.80 Å². The van der Waals surface area contributed by atoms with Gasteiger partial charge in [0.15, 0.2) is 0 Å². The molecule has 1 aromatic carbocycles. The second-order valence-corrected chi connectivity index (χ2v) is 5.77. The Kier molecular flexibility index (Phi) is 9.35. The van der Waals surface area contributed by atoms with Gasteiger partial charge in [0.1, 0.15) is 5.75 Å². The van der Waals surface area contributed by atoms with Gasteiger partial charge in [-0.3, -0.25) is 0 Å². The third-order valence-corrected chi connectivity index (χ3v) is 3.92. The van der Waals surface area contributed by atoms with Gasteiger partial charge in [-0.15, -0.1) is 24.8 Å². The number of amides is 1. The fourth-order valence-corrected chi connectivity index (χ4v) is 2.51. The van der Waals surface area contributed by atoms with Crippen LogP contribution < -0.4 is 10.1 Å². The number of carbonyl (C=O) groups is 1. The lowest BCUT2D eigenvalue weighted by atomic mass is 9.97. The van der Waals surface area contributed by atoms with Crippen LogP contribution in [-0.4, -0.2) is 56.7 Å². The number of halogens is 2. The molecular formula is C16H27Cl2N3O2. The third kappa shape index (κ3) is 5.44. The Bertz CT molecular complexity index is 512. The molecule has 0 radical (unpaired) electrons. The van der Waals surface area contributed by atoms with Crippen molar-refractivity contribution in [3.63, 3.8) is 0 Å². The van der Waals surface area contributed by atoms with Crippen molar-refractivity contribution in [2.75, 3.05) is 46.1 Å². The average molecular weight is 364 g/mol. The van der Waals surface area contributed by atoms with E-state index in [0.29, 0.717) is 18.2 Å². The number of nitrogens with zero attached hydrogens (tertiary/aromatic N) is 2. The molecule has 0 fully saturated rings. The first-order valence-electron chi connectivity index (χ1n) is 7.47. The highest BCUT2D eigenvalue weighted by atomic mass is 35.5. The van der Waals surface area contributed by atoms with Gasteiger partial charge in [0.25, 0.3) is 0 Å². The zero-order valence-corrected chi connectivity index (χ0v) is 15.8. The van der Waals surface area contributed by atoms with Crippen molar-refractivity contribution in [2.24, 2.45) is 0 Å². The highest BCUT2D eigenvalue weighted by Gasteiger charge is 2.27. The van der Waals surface area contributed by atoms with Crippen LogP contribution in [0.5, 0.6) is 5.75 Å². The fraction of sp³-hybridized carbons (Fsp3) is 0.562. The summed E-state index contributed by atoms with van der Waals surface area (Å²) < 4.78 is 5.58. The molecule has 2 rings (SSSR count). The number of hydrogen-bond donors (Lipinski definition) is 1. The summed E-state index contributed by atoms with van der Waals surface area (Å²) in [6.45, 7) is 4.48. The number of anilines is 1. The van der Waals surface area contributed by atoms with Crippen molar-refractivity contribution in [1.29, 1.82) is 0 Å². The van der Waals surface area contributed by atoms with E-state index >= 15 is 0 Å². The normalized spacial score (nSPS) is 15.1. The van der Waals surface area contributed by atoms with Crippen LogP contribution in [0, 0.1) is 0 Å². The van der Waals surface area contributed by atoms with Gasteiger partial charge < -0.3 is 19.9 Å². The first-order valence-corrected chi connectivity index (χ1v) is 7.47. The summed E-state index contributed by atoms with van der Waals surface area (Å²) in [5.74, 6) is 1.07. The van der Waals surface area contributed by atoms with Crippen LogP contribution in [0.25, 0.3) is 0 Å². The summed E-state index contributed by atoms with van der Waals surface area (Å²) in [6, 6.07) is 5.86. The molecule has 132 valence electrons. The van der Waals surface area contributed by atoms with Crippen LogP contribution in [0.4, 0.5) is 10.5 Å². The monoisotopic (exact) mass is 363 g/mol. The molecule has 1 atom stereocenters. The van der Waals surface area contributed by atoms with E-state index in [1.165, 1.54) is 0 Å². The number of hydrogen-bond acceptors (Lipinski definition) is 4. The first kappa shape index (κ1) is 21.8. The lowest BCUT2D eigenvalue weighted by molar-refractivity contribution is 0.164. The molecule has 7 heteroatoms. The van der Waals surface area contributed by atoms with Gasteiger partial charge >= 0.3 is 6.09 Å². The van der Waals surface area contributed by atoms with E-state index in [-0.39, 0.29) is 30.9 Å². The van der Waals surface area contributed by atoms with Gasteiger partial charge in [-0.25, -0.2) is 4.79 Å². The van der Waals surface area contributed by atoms with Crippen LogP contribution in [0.3, 0.4) is 0 Å². The minimum Gasteiger partial charge on any atom is -0.410 e. The summed E-state index contributed by atoms with van der Waals surface area (Å²) in [6.07, 6.45) is 0.745. The van der Waals surface area contributed by atoms with Gasteiger partial charge in [0, 0.05) is 37.3 Å². The third-order valence-electron chi connectivity index (χ3n) is 3.92. The lowest BCUT2D eigenvalue weighted by Gasteiger charge is -2.19. The van der Waals surface area contributed by atoms with Gasteiger partial charge in [0.2, 0.25) is 0 Å². The zero-order chi connectivity index (χ0) is 15.4. The van der Waals surface area contributed by atoms with Crippen molar-refractivity contribution >= 4 is 36.6 Å². The highest BCUT2D eigenvalue weighted by Crippen LogP contribution is 2.40. The topological polar surface area (TPSA) is 44.8 Å². The molecule has 1 amide bonds. The van der Waals surface area contributed by atoms with Crippen molar-refractivity contribution < 1.29 is 9.53 Å².